The van der Waals surface area contributed by atoms with Gasteiger partial charge in [0.1, 0.15) is 11.3 Å². The summed E-state index contributed by atoms with van der Waals surface area (Å²) in [5.74, 6) is -0.542. The molecule has 0 N–H and O–H groups in total. The number of aromatic carboxylic acids is 1. The Kier molecular flexibility index (Phi) is 4.48. The minimum absolute atomic E-state index is 0.106. The van der Waals surface area contributed by atoms with E-state index < -0.39 is 5.97 Å². The Morgan fingerprint density at radius 2 is 1.67 bits per heavy atom. The Bertz CT molecular complexity index is 1200. The van der Waals surface area contributed by atoms with Crippen LogP contribution in [0.25, 0.3) is 22.3 Å². The molecule has 0 aliphatic heterocycles. The summed E-state index contributed by atoms with van der Waals surface area (Å²) in [6.07, 6.45) is 0. The standard InChI is InChI=1S/C22H14ClNO3/c23-16-8-11-20-18(12-16)19(13-21(27-20)14-4-2-1-3-5-14)24-17-9-6-15(7-10-17)22(25)26/h1-13H,(H,25,26)/p-1. The molecule has 0 saturated carbocycles. The van der Waals surface area contributed by atoms with Crippen molar-refractivity contribution in [3.63, 3.8) is 0 Å². The van der Waals surface area contributed by atoms with E-state index >= 15 is 0 Å². The first-order chi connectivity index (χ1) is 13.1. The van der Waals surface area contributed by atoms with E-state index in [4.69, 9.17) is 16.0 Å². The maximum absolute atomic E-state index is 10.9. The number of carboxylic acid groups (broad SMARTS) is 1. The number of fused-ring (bicyclic) bond motifs is 1. The van der Waals surface area contributed by atoms with E-state index in [0.29, 0.717) is 27.4 Å². The molecule has 0 amide bonds. The van der Waals surface area contributed by atoms with Crippen molar-refractivity contribution >= 4 is 34.2 Å². The van der Waals surface area contributed by atoms with Gasteiger partial charge in [-0.05, 0) is 35.9 Å². The summed E-state index contributed by atoms with van der Waals surface area (Å²) in [7, 11) is 0. The zero-order valence-corrected chi connectivity index (χ0v) is 14.8. The third-order valence-electron chi connectivity index (χ3n) is 4.12. The van der Waals surface area contributed by atoms with Gasteiger partial charge >= 0.3 is 0 Å². The normalized spacial score (nSPS) is 11.7. The van der Waals surface area contributed by atoms with Crippen LogP contribution >= 0.6 is 11.6 Å². The van der Waals surface area contributed by atoms with Crippen LogP contribution in [0.15, 0.2) is 88.3 Å². The average molecular weight is 375 g/mol. The monoisotopic (exact) mass is 374 g/mol. The second-order valence-corrected chi connectivity index (χ2v) is 6.38. The number of carbonyl (C=O) groups excluding carboxylic acids is 1. The quantitative estimate of drug-likeness (QED) is 0.535. The molecule has 0 fully saturated rings. The van der Waals surface area contributed by atoms with Crippen LogP contribution in [-0.4, -0.2) is 5.97 Å². The van der Waals surface area contributed by atoms with Crippen LogP contribution in [0.1, 0.15) is 10.4 Å². The molecule has 132 valence electrons. The Hall–Kier alpha value is -3.37. The van der Waals surface area contributed by atoms with Gasteiger partial charge in [-0.3, -0.25) is 0 Å². The van der Waals surface area contributed by atoms with Gasteiger partial charge in [0.25, 0.3) is 0 Å². The van der Waals surface area contributed by atoms with Crippen molar-refractivity contribution in [1.29, 1.82) is 0 Å². The van der Waals surface area contributed by atoms with Gasteiger partial charge in [-0.1, -0.05) is 54.1 Å². The number of hydrogen-bond acceptors (Lipinski definition) is 4. The van der Waals surface area contributed by atoms with Crippen LogP contribution in [0, 0.1) is 0 Å². The van der Waals surface area contributed by atoms with Gasteiger partial charge in [0.05, 0.1) is 17.0 Å². The molecule has 4 nitrogen and oxygen atoms in total. The van der Waals surface area contributed by atoms with Gasteiger partial charge in [0, 0.05) is 22.0 Å². The van der Waals surface area contributed by atoms with Crippen LogP contribution in [0.4, 0.5) is 5.69 Å². The number of hydrogen-bond donors (Lipinski definition) is 0. The zero-order chi connectivity index (χ0) is 18.8. The van der Waals surface area contributed by atoms with Crippen molar-refractivity contribution in [1.82, 2.24) is 0 Å². The molecule has 27 heavy (non-hydrogen) atoms. The van der Waals surface area contributed by atoms with Crippen molar-refractivity contribution in [2.75, 3.05) is 0 Å². The lowest BCUT2D eigenvalue weighted by molar-refractivity contribution is -0.255. The van der Waals surface area contributed by atoms with Crippen LogP contribution in [0.2, 0.25) is 5.02 Å². The van der Waals surface area contributed by atoms with Crippen molar-refractivity contribution in [3.05, 3.63) is 94.8 Å². The lowest BCUT2D eigenvalue weighted by atomic mass is 10.1. The van der Waals surface area contributed by atoms with Crippen LogP contribution in [0.5, 0.6) is 0 Å². The Labute approximate surface area is 160 Å². The smallest absolute Gasteiger partial charge is 0.136 e. The fourth-order valence-corrected chi connectivity index (χ4v) is 2.96. The lowest BCUT2D eigenvalue weighted by Crippen LogP contribution is -2.21. The fraction of sp³-hybridized carbons (Fsp3) is 0. The molecule has 1 heterocycles. The first-order valence-electron chi connectivity index (χ1n) is 8.25. The summed E-state index contributed by atoms with van der Waals surface area (Å²) in [6, 6.07) is 23.1. The van der Waals surface area contributed by atoms with E-state index in [-0.39, 0.29) is 5.56 Å². The molecule has 4 rings (SSSR count). The molecule has 0 atom stereocenters. The Morgan fingerprint density at radius 3 is 2.37 bits per heavy atom. The summed E-state index contributed by atoms with van der Waals surface area (Å²) in [5.41, 5.74) is 2.31. The molecule has 1 aromatic heterocycles. The highest BCUT2D eigenvalue weighted by Gasteiger charge is 2.07. The summed E-state index contributed by atoms with van der Waals surface area (Å²) in [4.78, 5) is 15.6. The summed E-state index contributed by atoms with van der Waals surface area (Å²) in [6.45, 7) is 0. The summed E-state index contributed by atoms with van der Waals surface area (Å²) < 4.78 is 6.03. The van der Waals surface area contributed by atoms with Crippen molar-refractivity contribution in [2.24, 2.45) is 4.99 Å². The van der Waals surface area contributed by atoms with E-state index in [2.05, 4.69) is 4.99 Å². The van der Waals surface area contributed by atoms with Gasteiger partial charge in [0.15, 0.2) is 0 Å². The molecule has 3 aromatic carbocycles. The Morgan fingerprint density at radius 1 is 0.926 bits per heavy atom. The topological polar surface area (TPSA) is 65.6 Å². The van der Waals surface area contributed by atoms with Crippen molar-refractivity contribution in [3.8, 4) is 11.3 Å². The fourth-order valence-electron chi connectivity index (χ4n) is 2.79. The molecule has 4 aromatic rings. The highest BCUT2D eigenvalue weighted by molar-refractivity contribution is 6.31. The van der Waals surface area contributed by atoms with Crippen LogP contribution in [-0.2, 0) is 0 Å². The van der Waals surface area contributed by atoms with Gasteiger partial charge in [-0.2, -0.15) is 0 Å². The number of rotatable bonds is 3. The van der Waals surface area contributed by atoms with E-state index in [1.165, 1.54) is 12.1 Å². The molecule has 0 saturated heterocycles. The third-order valence-corrected chi connectivity index (χ3v) is 4.35. The van der Waals surface area contributed by atoms with E-state index in [0.717, 1.165) is 10.9 Å². The van der Waals surface area contributed by atoms with Crippen LogP contribution in [0.3, 0.4) is 0 Å². The maximum Gasteiger partial charge on any atom is 0.136 e. The van der Waals surface area contributed by atoms with Gasteiger partial charge in [-0.15, -0.1) is 0 Å². The van der Waals surface area contributed by atoms with Crippen molar-refractivity contribution < 1.29 is 14.3 Å². The highest BCUT2D eigenvalue weighted by Crippen LogP contribution is 2.24. The first kappa shape index (κ1) is 17.1. The number of benzene rings is 3. The lowest BCUT2D eigenvalue weighted by Gasteiger charge is -2.06. The number of carbonyl (C=O) groups is 1. The average Bonchev–Trinajstić information content (AvgIpc) is 2.69. The summed E-state index contributed by atoms with van der Waals surface area (Å²) in [5, 5.41) is 12.9. The van der Waals surface area contributed by atoms with Gasteiger partial charge in [-0.25, -0.2) is 4.99 Å². The Balaban J connectivity index is 1.94. The second kappa shape index (κ2) is 7.09. The molecule has 0 bridgehead atoms. The molecular weight excluding hydrogens is 362 g/mol. The van der Waals surface area contributed by atoms with Gasteiger partial charge < -0.3 is 14.3 Å². The molecule has 0 unspecified atom stereocenters. The molecule has 5 heteroatoms. The van der Waals surface area contributed by atoms with Gasteiger partial charge in [0.2, 0.25) is 0 Å². The zero-order valence-electron chi connectivity index (χ0n) is 14.1. The molecule has 0 radical (unpaired) electrons. The van der Waals surface area contributed by atoms with Crippen LogP contribution < -0.4 is 10.5 Å². The predicted molar refractivity (Wildman–Crippen MR) is 103 cm³/mol. The maximum atomic E-state index is 10.9. The largest absolute Gasteiger partial charge is 0.545 e. The predicted octanol–water partition coefficient (Wildman–Crippen LogP) is 4.35. The molecular formula is C22H13ClNO3-. The minimum atomic E-state index is -1.22. The number of carboxylic acids is 1. The SMILES string of the molecule is O=C([O-])c1ccc(N=c2cc(-c3ccccc3)oc3ccc(Cl)cc23)cc1. The second-order valence-electron chi connectivity index (χ2n) is 5.95. The van der Waals surface area contributed by atoms with E-state index in [1.54, 1.807) is 24.3 Å². The van der Waals surface area contributed by atoms with E-state index in [1.807, 2.05) is 42.5 Å². The summed E-state index contributed by atoms with van der Waals surface area (Å²) >= 11 is 6.15. The third kappa shape index (κ3) is 3.61. The molecule has 0 aliphatic rings. The molecule has 0 aliphatic carbocycles. The molecule has 0 spiro atoms. The highest BCUT2D eigenvalue weighted by atomic mass is 35.5. The first-order valence-corrected chi connectivity index (χ1v) is 8.63. The van der Waals surface area contributed by atoms with Crippen molar-refractivity contribution in [2.45, 2.75) is 0 Å². The number of nitrogens with zero attached hydrogens (tertiary/aromatic N) is 1. The minimum Gasteiger partial charge on any atom is -0.545 e. The van der Waals surface area contributed by atoms with E-state index in [9.17, 15) is 9.90 Å². The number of halogens is 1.